The van der Waals surface area contributed by atoms with E-state index in [-0.39, 0.29) is 22.6 Å². The number of halogens is 1. The summed E-state index contributed by atoms with van der Waals surface area (Å²) in [4.78, 5) is 12.8. The average Bonchev–Trinajstić information content (AvgIpc) is 3.43. The fourth-order valence-corrected chi connectivity index (χ4v) is 5.59. The summed E-state index contributed by atoms with van der Waals surface area (Å²) in [6.45, 7) is 2.30. The van der Waals surface area contributed by atoms with E-state index < -0.39 is 15.9 Å². The molecule has 29 heavy (non-hydrogen) atoms. The van der Waals surface area contributed by atoms with Crippen LogP contribution in [-0.4, -0.2) is 26.6 Å². The minimum absolute atomic E-state index is 0.00725. The summed E-state index contributed by atoms with van der Waals surface area (Å²) in [5, 5.41) is 12.8. The number of aromatic nitrogens is 2. The Morgan fingerprint density at radius 1 is 1.28 bits per heavy atom. The van der Waals surface area contributed by atoms with Crippen LogP contribution in [-0.2, 0) is 35.6 Å². The van der Waals surface area contributed by atoms with E-state index in [9.17, 15) is 13.4 Å². The van der Waals surface area contributed by atoms with Gasteiger partial charge in [-0.15, -0.1) is 4.36 Å². The maximum absolute atomic E-state index is 14.8. The summed E-state index contributed by atoms with van der Waals surface area (Å²) in [6.07, 6.45) is 5.77. The summed E-state index contributed by atoms with van der Waals surface area (Å²) in [6, 6.07) is -0.814. The van der Waals surface area contributed by atoms with Crippen molar-refractivity contribution in [2.45, 2.75) is 56.4 Å². The molecule has 2 heterocycles. The van der Waals surface area contributed by atoms with Crippen LogP contribution in [0.25, 0.3) is 0 Å². The normalized spacial score (nSPS) is 21.1. The van der Waals surface area contributed by atoms with Gasteiger partial charge in [-0.3, -0.25) is 0 Å². The molecule has 1 aromatic heterocycles. The molecule has 10 heteroatoms. The van der Waals surface area contributed by atoms with Gasteiger partial charge < -0.3 is 10.1 Å². The molecule has 5 rings (SSSR count). The van der Waals surface area contributed by atoms with Gasteiger partial charge in [0.1, 0.15) is 17.3 Å². The first kappa shape index (κ1) is 18.6. The van der Waals surface area contributed by atoms with Crippen LogP contribution in [0.15, 0.2) is 15.5 Å². The van der Waals surface area contributed by atoms with Gasteiger partial charge in [0.25, 0.3) is 0 Å². The highest BCUT2D eigenvalue weighted by atomic mass is 32.2. The molecule has 0 saturated carbocycles. The number of nitrogens with zero attached hydrogens (tertiary/aromatic N) is 3. The fourth-order valence-electron chi connectivity index (χ4n) is 4.60. The second kappa shape index (κ2) is 6.53. The second-order valence-corrected chi connectivity index (χ2v) is 9.58. The third-order valence-electron chi connectivity index (χ3n) is 5.93. The fraction of sp³-hybridized carbons (Fsp3) is 0.474. The van der Waals surface area contributed by atoms with Crippen LogP contribution in [0.5, 0.6) is 5.88 Å². The number of nitrogens with two attached hydrogens (primary N) is 1. The number of ether oxygens (including phenoxy) is 1. The molecular weight excluding hydrogens is 397 g/mol. The highest BCUT2D eigenvalue weighted by molar-refractivity contribution is 7.91. The van der Waals surface area contributed by atoms with Crippen LogP contribution in [0.4, 0.5) is 14.9 Å². The Balaban J connectivity index is 1.51. The summed E-state index contributed by atoms with van der Waals surface area (Å²) in [5.74, 6) is 0.161. The van der Waals surface area contributed by atoms with Crippen molar-refractivity contribution >= 4 is 21.6 Å². The number of rotatable bonds is 2. The first-order chi connectivity index (χ1) is 13.9. The number of anilines is 1. The smallest absolute Gasteiger partial charge is 0.354 e. The Labute approximate surface area is 167 Å². The van der Waals surface area contributed by atoms with E-state index in [2.05, 4.69) is 14.8 Å². The summed E-state index contributed by atoms with van der Waals surface area (Å²) in [7, 11) is -3.54. The van der Waals surface area contributed by atoms with E-state index in [0.717, 1.165) is 24.0 Å². The van der Waals surface area contributed by atoms with Crippen LogP contribution < -0.4 is 15.2 Å². The van der Waals surface area contributed by atoms with E-state index in [1.807, 2.05) is 6.92 Å². The molecule has 2 aromatic rings. The summed E-state index contributed by atoms with van der Waals surface area (Å²) in [5.41, 5.74) is 3.66. The number of carbonyl (C=O) groups excluding carboxylic acids is 1. The molecular formula is C19H22FN5O3S. The quantitative estimate of drug-likeness (QED) is 0.779. The molecule has 2 aliphatic carbocycles. The number of carbonyl (C=O) groups is 1. The van der Waals surface area contributed by atoms with E-state index in [0.29, 0.717) is 49.1 Å². The van der Waals surface area contributed by atoms with Crippen molar-refractivity contribution in [1.29, 1.82) is 0 Å². The van der Waals surface area contributed by atoms with Crippen molar-refractivity contribution in [2.75, 3.05) is 11.9 Å². The van der Waals surface area contributed by atoms with Gasteiger partial charge in [-0.2, -0.15) is 5.10 Å². The molecule has 1 aliphatic heterocycles. The van der Waals surface area contributed by atoms with Gasteiger partial charge in [-0.1, -0.05) is 0 Å². The molecule has 0 saturated heterocycles. The van der Waals surface area contributed by atoms with Gasteiger partial charge in [0.05, 0.1) is 12.2 Å². The minimum Gasteiger partial charge on any atom is -0.475 e. The molecule has 0 unspecified atom stereocenters. The SMILES string of the molecule is C[C@@H]1COc2c([S@](N)(=O)=NC(=O)Nc3c4c(c(F)c5c3CCC5)CCC4)cnn21. The maximum atomic E-state index is 14.8. The minimum atomic E-state index is -3.54. The Bertz CT molecular complexity index is 1130. The molecule has 2 atom stereocenters. The molecule has 0 radical (unpaired) electrons. The Morgan fingerprint density at radius 2 is 1.90 bits per heavy atom. The van der Waals surface area contributed by atoms with Crippen molar-refractivity contribution in [2.24, 2.45) is 9.50 Å². The third-order valence-corrected chi connectivity index (χ3v) is 7.28. The lowest BCUT2D eigenvalue weighted by atomic mass is 9.98. The van der Waals surface area contributed by atoms with E-state index >= 15 is 0 Å². The van der Waals surface area contributed by atoms with Gasteiger partial charge in [-0.05, 0) is 67.7 Å². The van der Waals surface area contributed by atoms with Gasteiger partial charge >= 0.3 is 6.03 Å². The molecule has 3 N–H and O–H groups in total. The zero-order chi connectivity index (χ0) is 20.3. The topological polar surface area (TPSA) is 112 Å². The van der Waals surface area contributed by atoms with Crippen LogP contribution >= 0.6 is 0 Å². The van der Waals surface area contributed by atoms with Gasteiger partial charge in [-0.25, -0.2) is 23.2 Å². The first-order valence-electron chi connectivity index (χ1n) is 9.78. The lowest BCUT2D eigenvalue weighted by molar-refractivity contribution is 0.260. The van der Waals surface area contributed by atoms with Crippen LogP contribution in [0.1, 0.15) is 48.1 Å². The first-order valence-corrected chi connectivity index (χ1v) is 11.4. The van der Waals surface area contributed by atoms with Crippen molar-refractivity contribution in [1.82, 2.24) is 9.78 Å². The molecule has 8 nitrogen and oxygen atoms in total. The van der Waals surface area contributed by atoms with Gasteiger partial charge in [0.15, 0.2) is 9.92 Å². The van der Waals surface area contributed by atoms with Crippen LogP contribution in [0, 0.1) is 5.82 Å². The predicted octanol–water partition coefficient (Wildman–Crippen LogP) is 2.89. The monoisotopic (exact) mass is 419 g/mol. The van der Waals surface area contributed by atoms with Gasteiger partial charge in [0, 0.05) is 5.69 Å². The maximum Gasteiger partial charge on any atom is 0.354 e. The Hall–Kier alpha value is -2.46. The molecule has 0 bridgehead atoms. The zero-order valence-electron chi connectivity index (χ0n) is 16.0. The third kappa shape index (κ3) is 2.84. The number of amides is 2. The standard InChI is InChI=1S/C19H22FN5O3S/c1-10-9-28-18-15(8-22-25(10)18)29(21,27)24-19(26)23-17-13-6-2-4-11(13)16(20)12-5-3-7-14(12)17/h8,10H,2-7,9H2,1H3,(H3,21,23,24,26,27)/t10-,29-/m1/s1. The Morgan fingerprint density at radius 3 is 2.55 bits per heavy atom. The molecule has 0 spiro atoms. The van der Waals surface area contributed by atoms with Crippen molar-refractivity contribution < 1.29 is 18.1 Å². The number of fused-ring (bicyclic) bond motifs is 3. The lowest BCUT2D eigenvalue weighted by Crippen LogP contribution is -2.19. The zero-order valence-corrected chi connectivity index (χ0v) is 16.9. The Kier molecular flexibility index (Phi) is 4.18. The molecule has 154 valence electrons. The summed E-state index contributed by atoms with van der Waals surface area (Å²) < 4.78 is 38.6. The van der Waals surface area contributed by atoms with Gasteiger partial charge in [0.2, 0.25) is 5.88 Å². The van der Waals surface area contributed by atoms with Crippen molar-refractivity contribution in [3.05, 3.63) is 34.3 Å². The molecule has 1 aromatic carbocycles. The molecule has 3 aliphatic rings. The van der Waals surface area contributed by atoms with Crippen LogP contribution in [0.3, 0.4) is 0 Å². The second-order valence-electron chi connectivity index (χ2n) is 7.82. The molecule has 2 amide bonds. The highest BCUT2D eigenvalue weighted by Crippen LogP contribution is 2.41. The van der Waals surface area contributed by atoms with Crippen molar-refractivity contribution in [3.8, 4) is 5.88 Å². The number of hydrogen-bond donors (Lipinski definition) is 2. The average molecular weight is 419 g/mol. The highest BCUT2D eigenvalue weighted by Gasteiger charge is 2.31. The van der Waals surface area contributed by atoms with E-state index in [4.69, 9.17) is 9.88 Å². The largest absolute Gasteiger partial charge is 0.475 e. The number of benzene rings is 1. The summed E-state index contributed by atoms with van der Waals surface area (Å²) >= 11 is 0. The number of hydrogen-bond acceptors (Lipinski definition) is 4. The number of nitrogens with one attached hydrogen (secondary N) is 1. The van der Waals surface area contributed by atoms with E-state index in [1.54, 1.807) is 4.68 Å². The van der Waals surface area contributed by atoms with E-state index in [1.165, 1.54) is 6.20 Å². The number of urea groups is 1. The predicted molar refractivity (Wildman–Crippen MR) is 105 cm³/mol. The van der Waals surface area contributed by atoms with Crippen molar-refractivity contribution in [3.63, 3.8) is 0 Å². The van der Waals surface area contributed by atoms with Crippen LogP contribution in [0.2, 0.25) is 0 Å². The molecule has 0 fully saturated rings. The lowest BCUT2D eigenvalue weighted by Gasteiger charge is -2.16.